The van der Waals surface area contributed by atoms with Gasteiger partial charge in [-0.1, -0.05) is 59.8 Å². The van der Waals surface area contributed by atoms with Crippen LogP contribution < -0.4 is 10.1 Å². The molecule has 0 aliphatic heterocycles. The molecule has 1 saturated carbocycles. The van der Waals surface area contributed by atoms with Crippen LogP contribution >= 0.6 is 0 Å². The average Bonchev–Trinajstić information content (AvgIpc) is 3.73. The first-order valence-corrected chi connectivity index (χ1v) is 13.2. The van der Waals surface area contributed by atoms with Crippen molar-refractivity contribution in [2.24, 2.45) is 0 Å². The number of aryl methyl sites for hydroxylation is 1. The number of hydrogen-bond donors (Lipinski definition) is 2. The van der Waals surface area contributed by atoms with E-state index in [1.165, 1.54) is 0 Å². The predicted octanol–water partition coefficient (Wildman–Crippen LogP) is 7.03. The average molecular weight is 533 g/mol. The van der Waals surface area contributed by atoms with Crippen LogP contribution in [0.5, 0.6) is 5.88 Å². The topological polar surface area (TPSA) is 110 Å². The van der Waals surface area contributed by atoms with E-state index in [1.54, 1.807) is 6.20 Å². The lowest BCUT2D eigenvalue weighted by atomic mass is 9.93. The molecule has 0 saturated heterocycles. The molecule has 1 aliphatic rings. The van der Waals surface area contributed by atoms with Crippen LogP contribution in [0.2, 0.25) is 0 Å². The van der Waals surface area contributed by atoms with Crippen molar-refractivity contribution in [1.29, 1.82) is 0 Å². The van der Waals surface area contributed by atoms with E-state index in [1.807, 2.05) is 92.7 Å². The lowest BCUT2D eigenvalue weighted by Gasteiger charge is -2.11. The van der Waals surface area contributed by atoms with Gasteiger partial charge in [-0.05, 0) is 61.6 Å². The number of aromatic nitrogens is 3. The molecular weight excluding hydrogens is 504 g/mol. The lowest BCUT2D eigenvalue weighted by molar-refractivity contribution is -0.140. The molecule has 40 heavy (non-hydrogen) atoms. The molecular formula is C32H28N4O4. The lowest BCUT2D eigenvalue weighted by Crippen LogP contribution is -2.19. The van der Waals surface area contributed by atoms with Crippen LogP contribution in [0.25, 0.3) is 33.7 Å². The summed E-state index contributed by atoms with van der Waals surface area (Å²) in [5.41, 5.74) is 6.22. The van der Waals surface area contributed by atoms with E-state index in [9.17, 15) is 9.90 Å². The first-order valence-electron chi connectivity index (χ1n) is 13.2. The first-order chi connectivity index (χ1) is 19.5. The summed E-state index contributed by atoms with van der Waals surface area (Å²) >= 11 is 0. The summed E-state index contributed by atoms with van der Waals surface area (Å²) in [4.78, 5) is 20.7. The Hall–Kier alpha value is -4.98. The molecule has 200 valence electrons. The van der Waals surface area contributed by atoms with Crippen molar-refractivity contribution in [2.45, 2.75) is 32.1 Å². The third kappa shape index (κ3) is 4.80. The maximum Gasteiger partial charge on any atom is 0.314 e. The van der Waals surface area contributed by atoms with Crippen LogP contribution in [0.1, 0.15) is 31.0 Å². The summed E-state index contributed by atoms with van der Waals surface area (Å²) in [6, 6.07) is 25.4. The van der Waals surface area contributed by atoms with Crippen LogP contribution in [0, 0.1) is 6.92 Å². The monoisotopic (exact) mass is 532 g/mol. The van der Waals surface area contributed by atoms with Crippen LogP contribution in [-0.2, 0) is 10.2 Å². The fourth-order valence-corrected chi connectivity index (χ4v) is 4.82. The largest absolute Gasteiger partial charge is 0.481 e. The van der Waals surface area contributed by atoms with Gasteiger partial charge in [0, 0.05) is 23.4 Å². The number of carboxylic acids is 1. The van der Waals surface area contributed by atoms with E-state index in [0.29, 0.717) is 36.9 Å². The van der Waals surface area contributed by atoms with Gasteiger partial charge in [0.2, 0.25) is 5.88 Å². The van der Waals surface area contributed by atoms with Gasteiger partial charge in [-0.3, -0.25) is 4.79 Å². The third-order valence-corrected chi connectivity index (χ3v) is 7.27. The molecule has 0 atom stereocenters. The smallest absolute Gasteiger partial charge is 0.314 e. The minimum atomic E-state index is -0.744. The SMILES string of the molecule is CCOc1ccc(-c2cccc(Nc3c(C)noc3-c3ccc(-c4ccc(C5(C(=O)O)CC5)cc4)cc3)n2)cn1. The summed E-state index contributed by atoms with van der Waals surface area (Å²) in [6.45, 7) is 4.37. The zero-order valence-electron chi connectivity index (χ0n) is 22.2. The van der Waals surface area contributed by atoms with Gasteiger partial charge in [-0.25, -0.2) is 9.97 Å². The van der Waals surface area contributed by atoms with E-state index in [-0.39, 0.29) is 0 Å². The second-order valence-electron chi connectivity index (χ2n) is 9.87. The van der Waals surface area contributed by atoms with Gasteiger partial charge in [-0.2, -0.15) is 0 Å². The Labute approximate surface area is 231 Å². The van der Waals surface area contributed by atoms with Gasteiger partial charge in [-0.15, -0.1) is 0 Å². The van der Waals surface area contributed by atoms with Gasteiger partial charge in [0.25, 0.3) is 0 Å². The number of hydrogen-bond acceptors (Lipinski definition) is 7. The molecule has 5 aromatic rings. The summed E-state index contributed by atoms with van der Waals surface area (Å²) < 4.78 is 11.2. The highest BCUT2D eigenvalue weighted by Gasteiger charge is 2.51. The molecule has 0 radical (unpaired) electrons. The quantitative estimate of drug-likeness (QED) is 0.208. The zero-order chi connectivity index (χ0) is 27.7. The molecule has 0 bridgehead atoms. The number of nitrogens with zero attached hydrogens (tertiary/aromatic N) is 3. The molecule has 2 aromatic carbocycles. The molecule has 0 amide bonds. The predicted molar refractivity (Wildman–Crippen MR) is 153 cm³/mol. The second-order valence-corrected chi connectivity index (χ2v) is 9.87. The highest BCUT2D eigenvalue weighted by molar-refractivity contribution is 5.85. The summed E-state index contributed by atoms with van der Waals surface area (Å²) in [7, 11) is 0. The van der Waals surface area contributed by atoms with E-state index in [0.717, 1.165) is 44.9 Å². The number of pyridine rings is 2. The van der Waals surface area contributed by atoms with Crippen molar-refractivity contribution >= 4 is 17.5 Å². The van der Waals surface area contributed by atoms with E-state index in [4.69, 9.17) is 14.2 Å². The number of ether oxygens (including phenoxy) is 1. The number of anilines is 2. The number of carbonyl (C=O) groups is 1. The molecule has 1 aliphatic carbocycles. The third-order valence-electron chi connectivity index (χ3n) is 7.27. The fraction of sp³-hybridized carbons (Fsp3) is 0.188. The summed E-state index contributed by atoms with van der Waals surface area (Å²) in [5, 5.41) is 17.1. The van der Waals surface area contributed by atoms with E-state index >= 15 is 0 Å². The van der Waals surface area contributed by atoms with Crippen molar-refractivity contribution in [3.63, 3.8) is 0 Å². The standard InChI is InChI=1S/C32H28N4O4/c1-3-39-28-16-13-24(19-33-28)26-5-4-6-27(34-26)35-29-20(2)36-40-30(29)23-9-7-21(8-10-23)22-11-14-25(15-12-22)32(17-18-32)31(37)38/h4-16,19H,3,17-18H2,1-2H3,(H,34,35)(H,37,38). The van der Waals surface area contributed by atoms with Gasteiger partial charge in [0.15, 0.2) is 5.76 Å². The van der Waals surface area contributed by atoms with Gasteiger partial charge in [0.1, 0.15) is 17.2 Å². The highest BCUT2D eigenvalue weighted by atomic mass is 16.5. The minimum absolute atomic E-state index is 0.565. The van der Waals surface area contributed by atoms with Crippen LogP contribution in [-0.4, -0.2) is 32.8 Å². The van der Waals surface area contributed by atoms with E-state index < -0.39 is 11.4 Å². The van der Waals surface area contributed by atoms with Gasteiger partial charge in [0.05, 0.1) is 17.7 Å². The molecule has 2 N–H and O–H groups in total. The highest BCUT2D eigenvalue weighted by Crippen LogP contribution is 2.48. The maximum atomic E-state index is 11.6. The molecule has 8 nitrogen and oxygen atoms in total. The second kappa shape index (κ2) is 10.3. The molecule has 8 heteroatoms. The number of nitrogens with one attached hydrogen (secondary N) is 1. The number of benzene rings is 2. The molecule has 6 rings (SSSR count). The van der Waals surface area contributed by atoms with Crippen molar-refractivity contribution in [2.75, 3.05) is 11.9 Å². The van der Waals surface area contributed by atoms with Crippen molar-refractivity contribution in [3.05, 3.63) is 96.3 Å². The summed E-state index contributed by atoms with van der Waals surface area (Å²) in [6.07, 6.45) is 3.14. The maximum absolute atomic E-state index is 11.6. The fourth-order valence-electron chi connectivity index (χ4n) is 4.82. The van der Waals surface area contributed by atoms with E-state index in [2.05, 4.69) is 15.5 Å². The molecule has 0 spiro atoms. The van der Waals surface area contributed by atoms with Gasteiger partial charge < -0.3 is 19.7 Å². The van der Waals surface area contributed by atoms with Crippen LogP contribution in [0.15, 0.2) is 89.6 Å². The van der Waals surface area contributed by atoms with Crippen LogP contribution in [0.4, 0.5) is 11.5 Å². The molecule has 1 fully saturated rings. The summed E-state index contributed by atoms with van der Waals surface area (Å²) in [5.74, 6) is 1.11. The molecule has 3 aromatic heterocycles. The Morgan fingerprint density at radius 1 is 0.950 bits per heavy atom. The Kier molecular flexibility index (Phi) is 6.51. The Balaban J connectivity index is 1.21. The Morgan fingerprint density at radius 2 is 1.62 bits per heavy atom. The first kappa shape index (κ1) is 25.3. The zero-order valence-corrected chi connectivity index (χ0v) is 22.2. The van der Waals surface area contributed by atoms with Crippen molar-refractivity contribution in [3.8, 4) is 39.6 Å². The van der Waals surface area contributed by atoms with Gasteiger partial charge >= 0.3 is 5.97 Å². The normalized spacial score (nSPS) is 13.6. The minimum Gasteiger partial charge on any atom is -0.481 e. The number of carboxylic acid groups (broad SMARTS) is 1. The van der Waals surface area contributed by atoms with Crippen LogP contribution in [0.3, 0.4) is 0 Å². The number of rotatable bonds is 9. The van der Waals surface area contributed by atoms with Crippen molar-refractivity contribution in [1.82, 2.24) is 15.1 Å². The molecule has 3 heterocycles. The van der Waals surface area contributed by atoms with Crippen molar-refractivity contribution < 1.29 is 19.2 Å². The Morgan fingerprint density at radius 3 is 2.25 bits per heavy atom. The molecule has 0 unspecified atom stereocenters. The Bertz CT molecular complexity index is 1660. The number of aliphatic carboxylic acids is 1.